The van der Waals surface area contributed by atoms with Gasteiger partial charge in [-0.2, -0.15) is 0 Å². The van der Waals surface area contributed by atoms with Crippen LogP contribution in [-0.4, -0.2) is 17.0 Å². The van der Waals surface area contributed by atoms with E-state index < -0.39 is 0 Å². The molecule has 4 rings (SSSR count). The van der Waals surface area contributed by atoms with Gasteiger partial charge in [0.1, 0.15) is 0 Å². The first-order valence-electron chi connectivity index (χ1n) is 9.34. The molecule has 2 nitrogen and oxygen atoms in total. The maximum absolute atomic E-state index is 12.1. The van der Waals surface area contributed by atoms with E-state index in [2.05, 4.69) is 12.8 Å². The third kappa shape index (κ3) is 2.02. The van der Waals surface area contributed by atoms with Gasteiger partial charge in [-0.05, 0) is 80.1 Å². The Bertz CT molecular complexity index is 610. The van der Waals surface area contributed by atoms with E-state index in [1.807, 2.05) is 6.92 Å². The Kier molecular flexibility index (Phi) is 3.50. The zero-order valence-electron chi connectivity index (χ0n) is 14.3. The first-order valence-corrected chi connectivity index (χ1v) is 9.34. The lowest BCUT2D eigenvalue weighted by molar-refractivity contribution is -0.117. The largest absolute Gasteiger partial charge is 0.391 e. The van der Waals surface area contributed by atoms with Gasteiger partial charge in [-0.15, -0.1) is 12.3 Å². The van der Waals surface area contributed by atoms with Gasteiger partial charge in [-0.25, -0.2) is 0 Å². The average molecular weight is 312 g/mol. The second-order valence-electron chi connectivity index (χ2n) is 8.69. The quantitative estimate of drug-likeness (QED) is 0.692. The second kappa shape index (κ2) is 5.21. The first kappa shape index (κ1) is 15.5. The fourth-order valence-electron chi connectivity index (χ4n) is 6.68. The van der Waals surface area contributed by atoms with E-state index in [1.54, 1.807) is 0 Å². The van der Waals surface area contributed by atoms with Crippen LogP contribution in [0.3, 0.4) is 0 Å². The van der Waals surface area contributed by atoms with E-state index in [1.165, 1.54) is 18.4 Å². The van der Waals surface area contributed by atoms with E-state index in [0.29, 0.717) is 29.5 Å². The second-order valence-corrected chi connectivity index (χ2v) is 8.69. The molecule has 0 unspecified atom stereocenters. The number of ketones is 1. The lowest BCUT2D eigenvalue weighted by atomic mass is 9.52. The summed E-state index contributed by atoms with van der Waals surface area (Å²) in [5, 5.41) is 10.7. The van der Waals surface area contributed by atoms with Crippen LogP contribution < -0.4 is 0 Å². The third-order valence-electron chi connectivity index (χ3n) is 8.00. The maximum Gasteiger partial charge on any atom is 0.158 e. The van der Waals surface area contributed by atoms with Gasteiger partial charge in [0.2, 0.25) is 0 Å². The van der Waals surface area contributed by atoms with Crippen LogP contribution in [0.5, 0.6) is 0 Å². The summed E-state index contributed by atoms with van der Waals surface area (Å²) in [7, 11) is 0. The highest BCUT2D eigenvalue weighted by molar-refractivity contribution is 5.96. The predicted octanol–water partition coefficient (Wildman–Crippen LogP) is 3.74. The summed E-state index contributed by atoms with van der Waals surface area (Å²) in [5.74, 6) is 5.86. The number of Topliss-reactive ketones (excluding diaryl/α,β-unsaturated/α-hetero) is 1. The molecule has 0 saturated heterocycles. The van der Waals surface area contributed by atoms with Crippen molar-refractivity contribution in [2.45, 2.75) is 64.9 Å². The predicted molar refractivity (Wildman–Crippen MR) is 90.4 cm³/mol. The molecule has 0 aliphatic heterocycles. The Morgan fingerprint density at radius 3 is 2.74 bits per heavy atom. The average Bonchev–Trinajstić information content (AvgIpc) is 2.82. The number of hydrogen-bond acceptors (Lipinski definition) is 2. The Hall–Kier alpha value is -1.07. The van der Waals surface area contributed by atoms with Crippen molar-refractivity contribution in [3.05, 3.63) is 11.1 Å². The number of terminal acetylenes is 1. The Balaban J connectivity index is 1.66. The summed E-state index contributed by atoms with van der Waals surface area (Å²) in [6.07, 6.45) is 12.7. The van der Waals surface area contributed by atoms with Crippen LogP contribution in [-0.2, 0) is 4.79 Å². The van der Waals surface area contributed by atoms with Gasteiger partial charge in [0.05, 0.1) is 6.10 Å². The summed E-state index contributed by atoms with van der Waals surface area (Å²) in [6.45, 7) is 4.32. The highest BCUT2D eigenvalue weighted by Gasteiger charge is 2.58. The minimum Gasteiger partial charge on any atom is -0.391 e. The molecular weight excluding hydrogens is 284 g/mol. The van der Waals surface area contributed by atoms with Gasteiger partial charge < -0.3 is 5.11 Å². The number of carbonyl (C=O) groups is 1. The fraction of sp³-hybridized carbons (Fsp3) is 0.762. The molecule has 7 atom stereocenters. The van der Waals surface area contributed by atoms with Crippen molar-refractivity contribution in [3.8, 4) is 12.3 Å². The fourth-order valence-corrected chi connectivity index (χ4v) is 6.68. The molecule has 124 valence electrons. The number of hydrogen-bond donors (Lipinski definition) is 1. The van der Waals surface area contributed by atoms with Gasteiger partial charge in [-0.3, -0.25) is 4.79 Å². The van der Waals surface area contributed by atoms with Gasteiger partial charge in [0, 0.05) is 12.3 Å². The number of carbonyl (C=O) groups excluding carboxylic acids is 1. The monoisotopic (exact) mass is 312 g/mol. The van der Waals surface area contributed by atoms with Crippen molar-refractivity contribution in [1.82, 2.24) is 0 Å². The van der Waals surface area contributed by atoms with Gasteiger partial charge in [0.25, 0.3) is 0 Å². The molecule has 2 heteroatoms. The van der Waals surface area contributed by atoms with Crippen LogP contribution in [0.15, 0.2) is 11.1 Å². The van der Waals surface area contributed by atoms with Crippen LogP contribution in [0.25, 0.3) is 0 Å². The number of allylic oxidation sites excluding steroid dienone is 1. The standard InChI is InChI=1S/C21H28O2/c1-4-13-11-18-17-6-5-14-12(2)19(22)8-7-15(14)16(17)9-10-21(18,3)20(13)23/h1,13,15-18,20,23H,5-11H2,2-3H3/t13-,15+,16+,17-,18-,20-,21+/m1/s1. The molecule has 4 aliphatic carbocycles. The topological polar surface area (TPSA) is 37.3 Å². The van der Waals surface area contributed by atoms with Crippen LogP contribution in [0, 0.1) is 47.3 Å². The van der Waals surface area contributed by atoms with Crippen LogP contribution in [0.4, 0.5) is 0 Å². The summed E-state index contributed by atoms with van der Waals surface area (Å²) in [4.78, 5) is 12.1. The molecule has 1 N–H and O–H groups in total. The normalized spacial score (nSPS) is 49.2. The van der Waals surface area contributed by atoms with Gasteiger partial charge >= 0.3 is 0 Å². The van der Waals surface area contributed by atoms with E-state index in [-0.39, 0.29) is 17.4 Å². The number of aliphatic hydroxyl groups excluding tert-OH is 1. The van der Waals surface area contributed by atoms with Crippen molar-refractivity contribution >= 4 is 5.78 Å². The third-order valence-corrected chi connectivity index (χ3v) is 8.00. The van der Waals surface area contributed by atoms with Crippen LogP contribution >= 0.6 is 0 Å². The Morgan fingerprint density at radius 1 is 1.22 bits per heavy atom. The molecule has 0 aromatic rings. The molecule has 23 heavy (non-hydrogen) atoms. The molecule has 0 radical (unpaired) electrons. The molecule has 0 amide bonds. The molecule has 0 aromatic heterocycles. The van der Waals surface area contributed by atoms with Crippen molar-refractivity contribution in [2.24, 2.45) is 35.0 Å². The van der Waals surface area contributed by atoms with Gasteiger partial charge in [-0.1, -0.05) is 12.5 Å². The Labute approximate surface area is 139 Å². The van der Waals surface area contributed by atoms with E-state index in [0.717, 1.165) is 37.7 Å². The van der Waals surface area contributed by atoms with Gasteiger partial charge in [0.15, 0.2) is 5.78 Å². The Morgan fingerprint density at radius 2 is 2.00 bits per heavy atom. The summed E-state index contributed by atoms with van der Waals surface area (Å²) < 4.78 is 0. The lowest BCUT2D eigenvalue weighted by Gasteiger charge is -2.53. The van der Waals surface area contributed by atoms with Crippen molar-refractivity contribution in [2.75, 3.05) is 0 Å². The molecule has 3 fully saturated rings. The maximum atomic E-state index is 12.1. The van der Waals surface area contributed by atoms with Crippen molar-refractivity contribution in [1.29, 1.82) is 0 Å². The smallest absolute Gasteiger partial charge is 0.158 e. The minimum atomic E-state index is -0.329. The minimum absolute atomic E-state index is 0.0128. The van der Waals surface area contributed by atoms with E-state index in [9.17, 15) is 9.90 Å². The summed E-state index contributed by atoms with van der Waals surface area (Å²) >= 11 is 0. The van der Waals surface area contributed by atoms with Crippen molar-refractivity contribution in [3.63, 3.8) is 0 Å². The zero-order chi connectivity index (χ0) is 16.4. The van der Waals surface area contributed by atoms with Crippen molar-refractivity contribution < 1.29 is 9.90 Å². The molecule has 0 heterocycles. The number of aliphatic hydroxyl groups is 1. The molecular formula is C21H28O2. The SMILES string of the molecule is C#C[C@@H]1C[C@@H]2[C@@H]3CCC4=C(C)C(=O)CC[C@@H]4[C@@H]3CC[C@]2(C)[C@@H]1O. The molecule has 3 saturated carbocycles. The number of rotatable bonds is 0. The highest BCUT2D eigenvalue weighted by Crippen LogP contribution is 2.63. The van der Waals surface area contributed by atoms with E-state index >= 15 is 0 Å². The molecule has 4 aliphatic rings. The van der Waals surface area contributed by atoms with E-state index in [4.69, 9.17) is 6.42 Å². The summed E-state index contributed by atoms with van der Waals surface area (Å²) in [5.41, 5.74) is 2.55. The summed E-state index contributed by atoms with van der Waals surface area (Å²) in [6, 6.07) is 0. The van der Waals surface area contributed by atoms with Crippen LogP contribution in [0.2, 0.25) is 0 Å². The molecule has 0 bridgehead atoms. The molecule has 0 aromatic carbocycles. The highest BCUT2D eigenvalue weighted by atomic mass is 16.3. The lowest BCUT2D eigenvalue weighted by Crippen LogP contribution is -2.48. The number of fused-ring (bicyclic) bond motifs is 5. The van der Waals surface area contributed by atoms with Crippen LogP contribution in [0.1, 0.15) is 58.8 Å². The zero-order valence-corrected chi connectivity index (χ0v) is 14.3. The molecule has 0 spiro atoms. The first-order chi connectivity index (χ1) is 11.0.